The fourth-order valence-electron chi connectivity index (χ4n) is 3.22. The van der Waals surface area contributed by atoms with Crippen LogP contribution < -0.4 is 0 Å². The molecule has 2 aliphatic heterocycles. The molecule has 0 aromatic carbocycles. The molecule has 4 heterocycles. The summed E-state index contributed by atoms with van der Waals surface area (Å²) >= 11 is 0. The van der Waals surface area contributed by atoms with Crippen molar-refractivity contribution in [1.29, 1.82) is 0 Å². The second-order valence-electron chi connectivity index (χ2n) is 6.27. The van der Waals surface area contributed by atoms with E-state index in [1.807, 2.05) is 0 Å². The molecule has 2 aliphatic rings. The minimum Gasteiger partial charge on any atom is -0.381 e. The molecule has 1 saturated heterocycles. The van der Waals surface area contributed by atoms with E-state index in [2.05, 4.69) is 15.2 Å². The third-order valence-corrected chi connectivity index (χ3v) is 5.83. The summed E-state index contributed by atoms with van der Waals surface area (Å²) in [4.78, 5) is 4.51. The van der Waals surface area contributed by atoms with Crippen LogP contribution in [0.5, 0.6) is 0 Å². The lowest BCUT2D eigenvalue weighted by atomic mass is 10.00. The van der Waals surface area contributed by atoms with Crippen molar-refractivity contribution >= 4 is 10.0 Å². The first kappa shape index (κ1) is 15.7. The Morgan fingerprint density at radius 1 is 1.21 bits per heavy atom. The van der Waals surface area contributed by atoms with Gasteiger partial charge >= 0.3 is 0 Å². The zero-order valence-corrected chi connectivity index (χ0v) is 14.4. The van der Waals surface area contributed by atoms with Gasteiger partial charge in [-0.1, -0.05) is 5.16 Å². The molecule has 0 amide bonds. The molecular formula is C14H19N5O4S. The van der Waals surface area contributed by atoms with Gasteiger partial charge in [0.1, 0.15) is 0 Å². The minimum atomic E-state index is -3.26. The molecule has 10 heteroatoms. The highest BCUT2D eigenvalue weighted by Gasteiger charge is 2.34. The average molecular weight is 353 g/mol. The second-order valence-corrected chi connectivity index (χ2v) is 8.26. The molecule has 0 aliphatic carbocycles. The lowest BCUT2D eigenvalue weighted by molar-refractivity contribution is 0.0830. The summed E-state index contributed by atoms with van der Waals surface area (Å²) in [5.74, 6) is 1.26. The van der Waals surface area contributed by atoms with Crippen LogP contribution in [0, 0.1) is 0 Å². The van der Waals surface area contributed by atoms with Crippen molar-refractivity contribution in [1.82, 2.24) is 24.2 Å². The highest BCUT2D eigenvalue weighted by atomic mass is 32.2. The summed E-state index contributed by atoms with van der Waals surface area (Å²) in [6.07, 6.45) is 2.96. The van der Waals surface area contributed by atoms with Crippen molar-refractivity contribution in [2.45, 2.75) is 31.8 Å². The van der Waals surface area contributed by atoms with Crippen LogP contribution in [0.25, 0.3) is 11.6 Å². The molecule has 0 bridgehead atoms. The Labute approximate surface area is 139 Å². The van der Waals surface area contributed by atoms with Gasteiger partial charge in [-0.2, -0.15) is 14.4 Å². The van der Waals surface area contributed by atoms with Crippen LogP contribution in [0.4, 0.5) is 0 Å². The van der Waals surface area contributed by atoms with Gasteiger partial charge in [0.05, 0.1) is 18.5 Å². The fourth-order valence-corrected chi connectivity index (χ4v) is 3.95. The summed E-state index contributed by atoms with van der Waals surface area (Å²) in [7, 11) is -1.46. The molecule has 0 atom stereocenters. The molecule has 1 fully saturated rings. The highest BCUT2D eigenvalue weighted by Crippen LogP contribution is 2.33. The molecule has 0 spiro atoms. The quantitative estimate of drug-likeness (QED) is 0.797. The molecule has 130 valence electrons. The summed E-state index contributed by atoms with van der Waals surface area (Å²) < 4.78 is 37.5. The number of fused-ring (bicyclic) bond motifs is 1. The Morgan fingerprint density at radius 3 is 2.67 bits per heavy atom. The van der Waals surface area contributed by atoms with E-state index in [9.17, 15) is 8.42 Å². The van der Waals surface area contributed by atoms with Gasteiger partial charge in [-0.3, -0.25) is 4.68 Å². The van der Waals surface area contributed by atoms with E-state index < -0.39 is 10.0 Å². The Hall–Kier alpha value is -1.78. The number of hydrogen-bond acceptors (Lipinski definition) is 7. The maximum Gasteiger partial charge on any atom is 0.278 e. The predicted octanol–water partition coefficient (Wildman–Crippen LogP) is 0.639. The van der Waals surface area contributed by atoms with E-state index in [0.29, 0.717) is 37.2 Å². The van der Waals surface area contributed by atoms with E-state index in [1.165, 1.54) is 10.6 Å². The topological polar surface area (TPSA) is 103 Å². The molecule has 0 N–H and O–H groups in total. The number of aryl methyl sites for hydroxylation is 1. The number of aromatic nitrogens is 4. The zero-order chi connectivity index (χ0) is 16.9. The van der Waals surface area contributed by atoms with E-state index in [-0.39, 0.29) is 12.5 Å². The van der Waals surface area contributed by atoms with Crippen molar-refractivity contribution < 1.29 is 17.7 Å². The van der Waals surface area contributed by atoms with E-state index in [1.54, 1.807) is 11.7 Å². The molecule has 24 heavy (non-hydrogen) atoms. The second kappa shape index (κ2) is 5.64. The van der Waals surface area contributed by atoms with Gasteiger partial charge in [-0.25, -0.2) is 8.42 Å². The van der Waals surface area contributed by atoms with Crippen LogP contribution in [0.1, 0.15) is 35.8 Å². The summed E-state index contributed by atoms with van der Waals surface area (Å²) in [6.45, 7) is 2.01. The van der Waals surface area contributed by atoms with Gasteiger partial charge in [0.25, 0.3) is 5.89 Å². The number of sulfonamides is 1. The smallest absolute Gasteiger partial charge is 0.278 e. The molecule has 9 nitrogen and oxygen atoms in total. The van der Waals surface area contributed by atoms with E-state index in [4.69, 9.17) is 9.26 Å². The zero-order valence-electron chi connectivity index (χ0n) is 13.6. The Morgan fingerprint density at radius 2 is 1.96 bits per heavy atom. The monoisotopic (exact) mass is 353 g/mol. The number of hydrogen-bond donors (Lipinski definition) is 0. The Balaban J connectivity index is 1.65. The predicted molar refractivity (Wildman–Crippen MR) is 83.4 cm³/mol. The lowest BCUT2D eigenvalue weighted by Crippen LogP contribution is -2.24. The van der Waals surface area contributed by atoms with Crippen molar-refractivity contribution in [3.8, 4) is 11.6 Å². The van der Waals surface area contributed by atoms with Crippen LogP contribution in [0.2, 0.25) is 0 Å². The third kappa shape index (κ3) is 2.64. The summed E-state index contributed by atoms with van der Waals surface area (Å²) in [5.41, 5.74) is 2.27. The minimum absolute atomic E-state index is 0.237. The van der Waals surface area contributed by atoms with Crippen LogP contribution in [0.3, 0.4) is 0 Å². The van der Waals surface area contributed by atoms with E-state index in [0.717, 1.165) is 24.1 Å². The summed E-state index contributed by atoms with van der Waals surface area (Å²) in [6, 6.07) is 0. The van der Waals surface area contributed by atoms with Crippen LogP contribution >= 0.6 is 0 Å². The molecule has 2 aromatic rings. The molecule has 0 saturated carbocycles. The number of nitrogens with zero attached hydrogens (tertiary/aromatic N) is 5. The Kier molecular flexibility index (Phi) is 3.70. The first-order chi connectivity index (χ1) is 11.4. The van der Waals surface area contributed by atoms with Gasteiger partial charge in [0.15, 0.2) is 11.5 Å². The van der Waals surface area contributed by atoms with Gasteiger partial charge in [-0.05, 0) is 12.8 Å². The number of rotatable bonds is 3. The van der Waals surface area contributed by atoms with Crippen LogP contribution in [0.15, 0.2) is 4.52 Å². The van der Waals surface area contributed by atoms with Crippen LogP contribution in [-0.2, 0) is 34.9 Å². The maximum absolute atomic E-state index is 11.8. The largest absolute Gasteiger partial charge is 0.381 e. The standard InChI is InChI=1S/C14H19N5O4S/c1-18-11-8-19(24(2,20)21)7-10(11)12(16-18)14-15-13(17-23-14)9-3-5-22-6-4-9/h9H,3-8H2,1-2H3. The lowest BCUT2D eigenvalue weighted by Gasteiger charge is -2.18. The highest BCUT2D eigenvalue weighted by molar-refractivity contribution is 7.88. The van der Waals surface area contributed by atoms with Crippen molar-refractivity contribution in [3.05, 3.63) is 17.1 Å². The summed E-state index contributed by atoms with van der Waals surface area (Å²) in [5, 5.41) is 8.55. The Bertz CT molecular complexity index is 866. The van der Waals surface area contributed by atoms with Crippen molar-refractivity contribution in [2.75, 3.05) is 19.5 Å². The number of ether oxygens (including phenoxy) is 1. The SMILES string of the molecule is Cn1nc(-c2nc(C3CCOCC3)no2)c2c1CN(S(C)(=O)=O)C2. The first-order valence-corrected chi connectivity index (χ1v) is 9.70. The molecular weight excluding hydrogens is 334 g/mol. The van der Waals surface area contributed by atoms with E-state index >= 15 is 0 Å². The third-order valence-electron chi connectivity index (χ3n) is 4.64. The van der Waals surface area contributed by atoms with Gasteiger partial charge in [0.2, 0.25) is 10.0 Å². The first-order valence-electron chi connectivity index (χ1n) is 7.85. The van der Waals surface area contributed by atoms with Gasteiger partial charge in [-0.15, -0.1) is 0 Å². The molecule has 0 radical (unpaired) electrons. The molecule has 4 rings (SSSR count). The maximum atomic E-state index is 11.8. The molecule has 2 aromatic heterocycles. The van der Waals surface area contributed by atoms with Crippen molar-refractivity contribution in [2.24, 2.45) is 7.05 Å². The van der Waals surface area contributed by atoms with Crippen LogP contribution in [-0.4, -0.2) is 52.1 Å². The average Bonchev–Trinajstić information content (AvgIpc) is 3.24. The fraction of sp³-hybridized carbons (Fsp3) is 0.643. The van der Waals surface area contributed by atoms with Gasteiger partial charge in [0, 0.05) is 38.3 Å². The molecule has 0 unspecified atom stereocenters. The van der Waals surface area contributed by atoms with Crippen molar-refractivity contribution in [3.63, 3.8) is 0 Å². The normalized spacial score (nSPS) is 19.8. The van der Waals surface area contributed by atoms with Gasteiger partial charge < -0.3 is 9.26 Å².